The topological polar surface area (TPSA) is 17.1 Å². The number of hydrogen-bond donors (Lipinski definition) is 0. The molecule has 0 N–H and O–H groups in total. The van der Waals surface area contributed by atoms with Crippen molar-refractivity contribution in [3.8, 4) is 0 Å². The molecule has 0 aromatic rings. The third-order valence-electron chi connectivity index (χ3n) is 0.964. The van der Waals surface area contributed by atoms with Gasteiger partial charge in [-0.2, -0.15) is 0 Å². The molecule has 1 nitrogen and oxygen atoms in total. The second-order valence-electron chi connectivity index (χ2n) is 1.57. The van der Waals surface area contributed by atoms with Crippen LogP contribution in [0.15, 0.2) is 0 Å². The minimum absolute atomic E-state index is 0.798. The van der Waals surface area contributed by atoms with Crippen LogP contribution in [0.4, 0.5) is 0 Å². The van der Waals surface area contributed by atoms with Crippen LogP contribution in [0.5, 0.6) is 0 Å². The molecule has 0 aliphatic heterocycles. The third kappa shape index (κ3) is 1.31. The Morgan fingerprint density at radius 2 is 1.88 bits per heavy atom. The Balaban J connectivity index is 2.35. The lowest BCUT2D eigenvalue weighted by Gasteiger charge is -1.98. The fraction of sp³-hybridized carbons (Fsp3) is 0.167. The van der Waals surface area contributed by atoms with E-state index >= 15 is 0 Å². The van der Waals surface area contributed by atoms with E-state index in [4.69, 9.17) is 0 Å². The van der Waals surface area contributed by atoms with Crippen molar-refractivity contribution in [2.24, 2.45) is 0 Å². The van der Waals surface area contributed by atoms with Crippen molar-refractivity contribution in [3.05, 3.63) is 30.9 Å². The zero-order valence-corrected chi connectivity index (χ0v) is 5.44. The molecule has 0 aromatic heterocycles. The van der Waals surface area contributed by atoms with Crippen LogP contribution in [0.2, 0.25) is 0 Å². The van der Waals surface area contributed by atoms with Crippen LogP contribution in [0.25, 0.3) is 0 Å². The fourth-order valence-electron chi connectivity index (χ4n) is 0.548. The number of rotatable bonds is 1. The van der Waals surface area contributed by atoms with Gasteiger partial charge in [0.05, 0.1) is 5.25 Å². The van der Waals surface area contributed by atoms with Gasteiger partial charge in [0.1, 0.15) is 0 Å². The van der Waals surface area contributed by atoms with Gasteiger partial charge in [0.2, 0.25) is 0 Å². The zero-order valence-electron chi connectivity index (χ0n) is 4.63. The van der Waals surface area contributed by atoms with Crippen LogP contribution in [0.3, 0.4) is 0 Å². The second-order valence-corrected chi connectivity index (χ2v) is 2.95. The van der Waals surface area contributed by atoms with E-state index in [2.05, 4.69) is 0 Å². The van der Waals surface area contributed by atoms with Gasteiger partial charge < -0.3 is 0 Å². The summed E-state index contributed by atoms with van der Waals surface area (Å²) in [5, 5.41) is 0.907. The van der Waals surface area contributed by atoms with E-state index in [1.807, 2.05) is 25.7 Å². The largest absolute Gasteiger partial charge is 0.259 e. The standard InChI is InChI=1S/C6H7OS/c1-8(7)6-4-2-3-5-6/h2-5H,1H3. The number of hydrogen-bond acceptors (Lipinski definition) is 1. The SMILES string of the molecule is CS(=O)[C]1[CH][CH][CH][CH]1. The fourth-order valence-corrected chi connectivity index (χ4v) is 1.09. The molecule has 0 bridgehead atoms. The van der Waals surface area contributed by atoms with E-state index in [0.717, 1.165) is 5.25 Å². The average Bonchev–Trinajstić information content (AvgIpc) is 2.12. The van der Waals surface area contributed by atoms with Crippen LogP contribution in [0, 0.1) is 30.9 Å². The van der Waals surface area contributed by atoms with Gasteiger partial charge in [-0.05, 0) is 25.7 Å². The van der Waals surface area contributed by atoms with Crippen LogP contribution < -0.4 is 0 Å². The van der Waals surface area contributed by atoms with E-state index in [0.29, 0.717) is 0 Å². The quantitative estimate of drug-likeness (QED) is 0.507. The van der Waals surface area contributed by atoms with Crippen LogP contribution >= 0.6 is 0 Å². The highest BCUT2D eigenvalue weighted by atomic mass is 32.2. The maximum Gasteiger partial charge on any atom is 0.0701 e. The third-order valence-corrected chi connectivity index (χ3v) is 1.90. The molecular weight excluding hydrogens is 120 g/mol. The predicted molar refractivity (Wildman–Crippen MR) is 34.5 cm³/mol. The van der Waals surface area contributed by atoms with Crippen LogP contribution in [0.1, 0.15) is 0 Å². The van der Waals surface area contributed by atoms with E-state index in [-0.39, 0.29) is 0 Å². The van der Waals surface area contributed by atoms with E-state index in [9.17, 15) is 4.21 Å². The molecule has 8 heavy (non-hydrogen) atoms. The van der Waals surface area contributed by atoms with E-state index in [1.165, 1.54) is 0 Å². The first-order chi connectivity index (χ1) is 3.80. The molecule has 1 unspecified atom stereocenters. The minimum atomic E-state index is -0.798. The van der Waals surface area contributed by atoms with Gasteiger partial charge in [0.15, 0.2) is 0 Å². The van der Waals surface area contributed by atoms with Crippen molar-refractivity contribution in [2.75, 3.05) is 6.26 Å². The van der Waals surface area contributed by atoms with E-state index < -0.39 is 10.8 Å². The minimum Gasteiger partial charge on any atom is -0.259 e. The summed E-state index contributed by atoms with van der Waals surface area (Å²) < 4.78 is 10.6. The molecule has 2 heteroatoms. The highest BCUT2D eigenvalue weighted by Gasteiger charge is 2.19. The molecule has 1 aliphatic rings. The molecule has 1 fully saturated rings. The Morgan fingerprint density at radius 1 is 1.38 bits per heavy atom. The monoisotopic (exact) mass is 127 g/mol. The molecule has 0 amide bonds. The molecule has 0 spiro atoms. The summed E-state index contributed by atoms with van der Waals surface area (Å²) in [6, 6.07) is 0. The summed E-state index contributed by atoms with van der Waals surface area (Å²) >= 11 is 0. The summed E-state index contributed by atoms with van der Waals surface area (Å²) in [4.78, 5) is 0. The zero-order chi connectivity index (χ0) is 5.98. The average molecular weight is 127 g/mol. The second kappa shape index (κ2) is 2.62. The molecule has 1 rings (SSSR count). The first-order valence-corrected chi connectivity index (χ1v) is 3.91. The highest BCUT2D eigenvalue weighted by Crippen LogP contribution is 2.24. The molecular formula is C6H7OS. The lowest BCUT2D eigenvalue weighted by atomic mass is 10.4. The van der Waals surface area contributed by atoms with E-state index in [1.54, 1.807) is 6.26 Å². The van der Waals surface area contributed by atoms with Gasteiger partial charge in [-0.15, -0.1) is 0 Å². The van der Waals surface area contributed by atoms with Crippen molar-refractivity contribution < 1.29 is 4.21 Å². The molecule has 0 heterocycles. The van der Waals surface area contributed by atoms with Crippen LogP contribution in [-0.4, -0.2) is 10.5 Å². The maximum atomic E-state index is 10.6. The van der Waals surface area contributed by atoms with Crippen molar-refractivity contribution in [1.82, 2.24) is 0 Å². The van der Waals surface area contributed by atoms with Crippen molar-refractivity contribution in [3.63, 3.8) is 0 Å². The summed E-state index contributed by atoms with van der Waals surface area (Å²) in [6.45, 7) is 0. The Hall–Kier alpha value is 0.150. The summed E-state index contributed by atoms with van der Waals surface area (Å²) in [5.74, 6) is 0. The first kappa shape index (κ1) is 6.27. The Morgan fingerprint density at radius 3 is 2.12 bits per heavy atom. The van der Waals surface area contributed by atoms with Gasteiger partial charge in [0, 0.05) is 17.1 Å². The van der Waals surface area contributed by atoms with Gasteiger partial charge >= 0.3 is 0 Å². The molecule has 0 saturated heterocycles. The van der Waals surface area contributed by atoms with Crippen molar-refractivity contribution in [1.29, 1.82) is 0 Å². The molecule has 1 atom stereocenters. The van der Waals surface area contributed by atoms with Gasteiger partial charge in [-0.3, -0.25) is 4.21 Å². The maximum absolute atomic E-state index is 10.6. The summed E-state index contributed by atoms with van der Waals surface area (Å²) in [7, 11) is -0.798. The smallest absolute Gasteiger partial charge is 0.0701 e. The Kier molecular flexibility index (Phi) is 2.06. The Bertz CT molecular complexity index is 94.7. The van der Waals surface area contributed by atoms with Crippen LogP contribution in [-0.2, 0) is 10.8 Å². The molecule has 1 saturated carbocycles. The lowest BCUT2D eigenvalue weighted by molar-refractivity contribution is 0.688. The molecule has 0 aromatic carbocycles. The Labute approximate surface area is 52.9 Å². The first-order valence-electron chi connectivity index (χ1n) is 2.36. The predicted octanol–water partition coefficient (Wildman–Crippen LogP) is 0.728. The van der Waals surface area contributed by atoms with Crippen molar-refractivity contribution >= 4 is 10.8 Å². The molecule has 43 valence electrons. The normalized spacial score (nSPS) is 26.1. The highest BCUT2D eigenvalue weighted by molar-refractivity contribution is 7.87. The summed E-state index contributed by atoms with van der Waals surface area (Å²) in [6.07, 6.45) is 9.16. The van der Waals surface area contributed by atoms with Gasteiger partial charge in [-0.25, -0.2) is 0 Å². The van der Waals surface area contributed by atoms with Crippen molar-refractivity contribution in [2.45, 2.75) is 0 Å². The molecule has 5 radical (unpaired) electrons. The summed E-state index contributed by atoms with van der Waals surface area (Å²) in [5.41, 5.74) is 0. The van der Waals surface area contributed by atoms with Gasteiger partial charge in [-0.1, -0.05) is 0 Å². The van der Waals surface area contributed by atoms with Gasteiger partial charge in [0.25, 0.3) is 0 Å². The molecule has 1 aliphatic carbocycles. The lowest BCUT2D eigenvalue weighted by Crippen LogP contribution is -1.98.